The van der Waals surface area contributed by atoms with Crippen LogP contribution in [0.5, 0.6) is 5.75 Å². The molecule has 1 aromatic carbocycles. The summed E-state index contributed by atoms with van der Waals surface area (Å²) in [5.41, 5.74) is 7.68. The maximum atomic E-state index is 6.12. The second kappa shape index (κ2) is 3.76. The maximum absolute atomic E-state index is 6.12. The lowest BCUT2D eigenvalue weighted by Crippen LogP contribution is -2.03. The molecule has 2 rings (SSSR count). The normalized spacial score (nSPS) is 10.9. The molecule has 2 aromatic rings. The molecule has 0 spiro atoms. The van der Waals surface area contributed by atoms with E-state index in [0.29, 0.717) is 6.54 Å². The SMILES string of the molecule is COc1ccc(Cl)c2cc(CN)n(C)c12. The maximum Gasteiger partial charge on any atom is 0.143 e. The van der Waals surface area contributed by atoms with E-state index in [1.807, 2.05) is 29.8 Å². The molecule has 0 aliphatic carbocycles. The molecule has 0 bridgehead atoms. The third-order valence-corrected chi connectivity index (χ3v) is 2.96. The number of fused-ring (bicyclic) bond motifs is 1. The first-order valence-corrected chi connectivity index (χ1v) is 5.07. The van der Waals surface area contributed by atoms with Gasteiger partial charge in [0.15, 0.2) is 0 Å². The summed E-state index contributed by atoms with van der Waals surface area (Å²) in [5.74, 6) is 0.816. The molecule has 4 heteroatoms. The van der Waals surface area contributed by atoms with Crippen LogP contribution >= 0.6 is 11.6 Å². The summed E-state index contributed by atoms with van der Waals surface area (Å²) < 4.78 is 7.31. The van der Waals surface area contributed by atoms with E-state index < -0.39 is 0 Å². The molecule has 3 nitrogen and oxygen atoms in total. The molecule has 0 unspecified atom stereocenters. The smallest absolute Gasteiger partial charge is 0.143 e. The third kappa shape index (κ3) is 1.48. The molecule has 1 aromatic heterocycles. The molecule has 2 N–H and O–H groups in total. The zero-order valence-corrected chi connectivity index (χ0v) is 9.51. The highest BCUT2D eigenvalue weighted by molar-refractivity contribution is 6.35. The van der Waals surface area contributed by atoms with E-state index >= 15 is 0 Å². The van der Waals surface area contributed by atoms with Crippen LogP contribution in [0.4, 0.5) is 0 Å². The minimum atomic E-state index is 0.491. The lowest BCUT2D eigenvalue weighted by Gasteiger charge is -2.06. The molecule has 80 valence electrons. The molecule has 0 saturated carbocycles. The van der Waals surface area contributed by atoms with Gasteiger partial charge < -0.3 is 15.0 Å². The Morgan fingerprint density at radius 1 is 1.47 bits per heavy atom. The second-order valence-corrected chi connectivity index (χ2v) is 3.82. The lowest BCUT2D eigenvalue weighted by atomic mass is 10.2. The zero-order valence-electron chi connectivity index (χ0n) is 8.75. The number of hydrogen-bond donors (Lipinski definition) is 1. The molecular formula is C11H13ClN2O. The minimum absolute atomic E-state index is 0.491. The van der Waals surface area contributed by atoms with Crippen LogP contribution in [0.1, 0.15) is 5.69 Å². The van der Waals surface area contributed by atoms with Crippen molar-refractivity contribution in [3.05, 3.63) is 28.9 Å². The molecular weight excluding hydrogens is 212 g/mol. The van der Waals surface area contributed by atoms with Gasteiger partial charge in [0.2, 0.25) is 0 Å². The monoisotopic (exact) mass is 224 g/mol. The Labute approximate surface area is 93.4 Å². The van der Waals surface area contributed by atoms with Crippen molar-refractivity contribution >= 4 is 22.5 Å². The topological polar surface area (TPSA) is 40.2 Å². The van der Waals surface area contributed by atoms with E-state index in [2.05, 4.69) is 0 Å². The fourth-order valence-electron chi connectivity index (χ4n) is 1.81. The van der Waals surface area contributed by atoms with Crippen LogP contribution in [0.3, 0.4) is 0 Å². The van der Waals surface area contributed by atoms with Crippen LogP contribution < -0.4 is 10.5 Å². The summed E-state index contributed by atoms with van der Waals surface area (Å²) >= 11 is 6.12. The zero-order chi connectivity index (χ0) is 11.0. The number of aromatic nitrogens is 1. The Hall–Kier alpha value is -1.19. The summed E-state index contributed by atoms with van der Waals surface area (Å²) in [4.78, 5) is 0. The number of methoxy groups -OCH3 is 1. The first-order chi connectivity index (χ1) is 7.19. The highest BCUT2D eigenvalue weighted by Crippen LogP contribution is 2.33. The number of nitrogens with zero attached hydrogens (tertiary/aromatic N) is 1. The Morgan fingerprint density at radius 2 is 2.20 bits per heavy atom. The van der Waals surface area contributed by atoms with Crippen molar-refractivity contribution < 1.29 is 4.74 Å². The largest absolute Gasteiger partial charge is 0.495 e. The first-order valence-electron chi connectivity index (χ1n) is 4.70. The lowest BCUT2D eigenvalue weighted by molar-refractivity contribution is 0.417. The van der Waals surface area contributed by atoms with Gasteiger partial charge in [-0.05, 0) is 18.2 Å². The predicted octanol–water partition coefficient (Wildman–Crippen LogP) is 2.30. The number of benzene rings is 1. The molecule has 1 heterocycles. The Morgan fingerprint density at radius 3 is 2.80 bits per heavy atom. The minimum Gasteiger partial charge on any atom is -0.495 e. The van der Waals surface area contributed by atoms with Crippen LogP contribution in [0.15, 0.2) is 18.2 Å². The molecule has 0 saturated heterocycles. The van der Waals surface area contributed by atoms with Crippen molar-refractivity contribution in [2.75, 3.05) is 7.11 Å². The van der Waals surface area contributed by atoms with Crippen LogP contribution in [0, 0.1) is 0 Å². The van der Waals surface area contributed by atoms with E-state index in [4.69, 9.17) is 22.1 Å². The van der Waals surface area contributed by atoms with Gasteiger partial charge in [0.05, 0.1) is 17.6 Å². The van der Waals surface area contributed by atoms with E-state index in [-0.39, 0.29) is 0 Å². The van der Waals surface area contributed by atoms with Gasteiger partial charge in [-0.25, -0.2) is 0 Å². The van der Waals surface area contributed by atoms with Crippen molar-refractivity contribution in [3.8, 4) is 5.75 Å². The van der Waals surface area contributed by atoms with Crippen LogP contribution in [0.2, 0.25) is 5.02 Å². The highest BCUT2D eigenvalue weighted by Gasteiger charge is 2.11. The first kappa shape index (κ1) is 10.3. The Bertz CT molecular complexity index is 505. The fourth-order valence-corrected chi connectivity index (χ4v) is 2.02. The summed E-state index contributed by atoms with van der Waals surface area (Å²) in [5, 5.41) is 1.71. The van der Waals surface area contributed by atoms with Crippen molar-refractivity contribution in [1.29, 1.82) is 0 Å². The number of hydrogen-bond acceptors (Lipinski definition) is 2. The summed E-state index contributed by atoms with van der Waals surface area (Å²) in [6.07, 6.45) is 0. The van der Waals surface area contributed by atoms with Crippen molar-refractivity contribution in [2.45, 2.75) is 6.54 Å². The van der Waals surface area contributed by atoms with E-state index in [1.54, 1.807) is 7.11 Å². The molecule has 0 fully saturated rings. The summed E-state index contributed by atoms with van der Waals surface area (Å²) in [6, 6.07) is 5.70. The number of aryl methyl sites for hydroxylation is 1. The standard InChI is InChI=1S/C11H13ClN2O/c1-14-7(6-13)5-8-9(12)3-4-10(15-2)11(8)14/h3-5H,6,13H2,1-2H3. The van der Waals surface area contributed by atoms with Gasteiger partial charge in [-0.3, -0.25) is 0 Å². The van der Waals surface area contributed by atoms with Crippen LogP contribution in [-0.4, -0.2) is 11.7 Å². The molecule has 15 heavy (non-hydrogen) atoms. The average Bonchev–Trinajstić information content (AvgIpc) is 2.58. The number of halogens is 1. The van der Waals surface area contributed by atoms with Gasteiger partial charge in [0.1, 0.15) is 5.75 Å². The quantitative estimate of drug-likeness (QED) is 0.851. The molecule has 0 atom stereocenters. The van der Waals surface area contributed by atoms with Gasteiger partial charge in [-0.1, -0.05) is 11.6 Å². The molecule has 0 amide bonds. The van der Waals surface area contributed by atoms with E-state index in [9.17, 15) is 0 Å². The van der Waals surface area contributed by atoms with Gasteiger partial charge in [-0.2, -0.15) is 0 Å². The number of nitrogens with two attached hydrogens (primary N) is 1. The second-order valence-electron chi connectivity index (χ2n) is 3.41. The van der Waals surface area contributed by atoms with Gasteiger partial charge in [-0.15, -0.1) is 0 Å². The Kier molecular flexibility index (Phi) is 2.59. The molecule has 0 aliphatic rings. The summed E-state index contributed by atoms with van der Waals surface area (Å²) in [6.45, 7) is 0.491. The van der Waals surface area contributed by atoms with Gasteiger partial charge in [0, 0.05) is 24.7 Å². The van der Waals surface area contributed by atoms with Crippen molar-refractivity contribution in [2.24, 2.45) is 12.8 Å². The summed E-state index contributed by atoms with van der Waals surface area (Å²) in [7, 11) is 3.61. The van der Waals surface area contributed by atoms with Gasteiger partial charge in [0.25, 0.3) is 0 Å². The van der Waals surface area contributed by atoms with E-state index in [1.165, 1.54) is 0 Å². The fraction of sp³-hybridized carbons (Fsp3) is 0.273. The molecule has 0 aliphatic heterocycles. The predicted molar refractivity (Wildman–Crippen MR) is 62.4 cm³/mol. The highest BCUT2D eigenvalue weighted by atomic mass is 35.5. The Balaban J connectivity index is 2.85. The van der Waals surface area contributed by atoms with Crippen LogP contribution in [0.25, 0.3) is 10.9 Å². The van der Waals surface area contributed by atoms with Gasteiger partial charge >= 0.3 is 0 Å². The van der Waals surface area contributed by atoms with Crippen molar-refractivity contribution in [3.63, 3.8) is 0 Å². The molecule has 0 radical (unpaired) electrons. The average molecular weight is 225 g/mol. The van der Waals surface area contributed by atoms with Crippen LogP contribution in [-0.2, 0) is 13.6 Å². The number of ether oxygens (including phenoxy) is 1. The third-order valence-electron chi connectivity index (χ3n) is 2.63. The van der Waals surface area contributed by atoms with E-state index in [0.717, 1.165) is 27.4 Å². The number of rotatable bonds is 2. The van der Waals surface area contributed by atoms with Crippen molar-refractivity contribution in [1.82, 2.24) is 4.57 Å².